The summed E-state index contributed by atoms with van der Waals surface area (Å²) in [4.78, 5) is 25.5. The highest BCUT2D eigenvalue weighted by Gasteiger charge is 2.29. The molecule has 20 heavy (non-hydrogen) atoms. The van der Waals surface area contributed by atoms with Crippen LogP contribution in [-0.2, 0) is 16.0 Å². The van der Waals surface area contributed by atoms with E-state index < -0.39 is 0 Å². The molecule has 5 heteroatoms. The highest BCUT2D eigenvalue weighted by molar-refractivity contribution is 5.88. The van der Waals surface area contributed by atoms with Gasteiger partial charge < -0.3 is 15.5 Å². The minimum atomic E-state index is -0.228. The van der Waals surface area contributed by atoms with Crippen molar-refractivity contribution in [2.45, 2.75) is 19.4 Å². The molecule has 0 radical (unpaired) electrons. The fourth-order valence-electron chi connectivity index (χ4n) is 2.54. The van der Waals surface area contributed by atoms with Crippen molar-refractivity contribution < 1.29 is 9.59 Å². The van der Waals surface area contributed by atoms with Crippen LogP contribution < -0.4 is 10.6 Å². The van der Waals surface area contributed by atoms with Crippen LogP contribution in [-0.4, -0.2) is 43.4 Å². The van der Waals surface area contributed by atoms with Crippen molar-refractivity contribution in [1.29, 1.82) is 0 Å². The van der Waals surface area contributed by atoms with Crippen LogP contribution >= 0.6 is 0 Å². The Morgan fingerprint density at radius 1 is 1.45 bits per heavy atom. The van der Waals surface area contributed by atoms with E-state index in [-0.39, 0.29) is 23.8 Å². The molecular formula is C15H21N3O2. The Kier molecular flexibility index (Phi) is 4.27. The van der Waals surface area contributed by atoms with Crippen molar-refractivity contribution in [2.24, 2.45) is 5.92 Å². The maximum Gasteiger partial charge on any atom is 0.245 e. The normalized spacial score (nSPS) is 17.9. The molecule has 1 aromatic rings. The number of carbonyl (C=O) groups is 2. The highest BCUT2D eigenvalue weighted by Crippen LogP contribution is 2.25. The van der Waals surface area contributed by atoms with Crippen LogP contribution in [0.25, 0.3) is 0 Å². The van der Waals surface area contributed by atoms with Crippen LogP contribution in [0.15, 0.2) is 24.3 Å². The van der Waals surface area contributed by atoms with Gasteiger partial charge >= 0.3 is 0 Å². The topological polar surface area (TPSA) is 61.4 Å². The minimum Gasteiger partial charge on any atom is -0.373 e. The van der Waals surface area contributed by atoms with Gasteiger partial charge in [-0.1, -0.05) is 25.1 Å². The predicted molar refractivity (Wildman–Crippen MR) is 78.4 cm³/mol. The average Bonchev–Trinajstić information content (AvgIpc) is 2.89. The molecule has 0 spiro atoms. The van der Waals surface area contributed by atoms with Crippen LogP contribution in [0, 0.1) is 5.92 Å². The van der Waals surface area contributed by atoms with E-state index >= 15 is 0 Å². The molecule has 1 heterocycles. The lowest BCUT2D eigenvalue weighted by Crippen LogP contribution is -2.43. The largest absolute Gasteiger partial charge is 0.373 e. The summed E-state index contributed by atoms with van der Waals surface area (Å²) in [5, 5.41) is 5.84. The smallest absolute Gasteiger partial charge is 0.245 e. The summed E-state index contributed by atoms with van der Waals surface area (Å²) in [6.07, 6.45) is 0.702. The van der Waals surface area contributed by atoms with Crippen molar-refractivity contribution in [1.82, 2.24) is 10.2 Å². The summed E-state index contributed by atoms with van der Waals surface area (Å²) < 4.78 is 0. The summed E-state index contributed by atoms with van der Waals surface area (Å²) in [7, 11) is 3.35. The van der Waals surface area contributed by atoms with Gasteiger partial charge in [-0.15, -0.1) is 0 Å². The van der Waals surface area contributed by atoms with Crippen molar-refractivity contribution in [2.75, 3.05) is 26.0 Å². The van der Waals surface area contributed by atoms with Crippen molar-refractivity contribution in [3.05, 3.63) is 29.8 Å². The molecular weight excluding hydrogens is 254 g/mol. The number of hydrogen-bond donors (Lipinski definition) is 2. The highest BCUT2D eigenvalue weighted by atomic mass is 16.2. The fraction of sp³-hybridized carbons (Fsp3) is 0.467. The van der Waals surface area contributed by atoms with E-state index in [2.05, 4.69) is 10.6 Å². The van der Waals surface area contributed by atoms with Gasteiger partial charge in [0.25, 0.3) is 0 Å². The summed E-state index contributed by atoms with van der Waals surface area (Å²) in [5.41, 5.74) is 2.19. The lowest BCUT2D eigenvalue weighted by molar-refractivity contribution is -0.132. The number of anilines is 1. The molecule has 2 atom stereocenters. The Morgan fingerprint density at radius 3 is 2.80 bits per heavy atom. The molecule has 0 aromatic heterocycles. The summed E-state index contributed by atoms with van der Waals surface area (Å²) in [5.74, 6) is -0.234. The molecule has 108 valence electrons. The Balaban J connectivity index is 1.94. The molecule has 2 N–H and O–H groups in total. The van der Waals surface area contributed by atoms with E-state index in [0.29, 0.717) is 13.0 Å². The SMILES string of the molecule is CNC(=O)C(C)CN(C)C(=O)C1Cc2ccccc2N1. The molecule has 0 saturated heterocycles. The number of hydrogen-bond acceptors (Lipinski definition) is 3. The molecule has 5 nitrogen and oxygen atoms in total. The second-order valence-corrected chi connectivity index (χ2v) is 5.29. The number of benzene rings is 1. The van der Waals surface area contributed by atoms with Gasteiger partial charge in [0, 0.05) is 32.7 Å². The van der Waals surface area contributed by atoms with Crippen LogP contribution in [0.4, 0.5) is 5.69 Å². The standard InChI is InChI=1S/C15H21N3O2/c1-10(14(19)16-2)9-18(3)15(20)13-8-11-6-4-5-7-12(11)17-13/h4-7,10,13,17H,8-9H2,1-3H3,(H,16,19). The third-order valence-corrected chi connectivity index (χ3v) is 3.69. The van der Waals surface area contributed by atoms with Gasteiger partial charge in [-0.05, 0) is 11.6 Å². The van der Waals surface area contributed by atoms with Crippen molar-refractivity contribution >= 4 is 17.5 Å². The predicted octanol–water partition coefficient (Wildman–Crippen LogP) is 0.864. The lowest BCUT2D eigenvalue weighted by atomic mass is 10.1. The van der Waals surface area contributed by atoms with Crippen LogP contribution in [0.1, 0.15) is 12.5 Å². The maximum atomic E-state index is 12.4. The second kappa shape index (κ2) is 5.94. The zero-order valence-corrected chi connectivity index (χ0v) is 12.1. The lowest BCUT2D eigenvalue weighted by Gasteiger charge is -2.24. The number of rotatable bonds is 4. The first kappa shape index (κ1) is 14.4. The Morgan fingerprint density at radius 2 is 2.15 bits per heavy atom. The molecule has 2 rings (SSSR count). The molecule has 1 aliphatic heterocycles. The number of likely N-dealkylation sites (N-methyl/N-ethyl adjacent to an activating group) is 1. The van der Waals surface area contributed by atoms with E-state index in [1.54, 1.807) is 19.0 Å². The van der Waals surface area contributed by atoms with Gasteiger partial charge in [0.05, 0.1) is 5.92 Å². The first-order valence-electron chi connectivity index (χ1n) is 6.84. The van der Waals surface area contributed by atoms with E-state index in [9.17, 15) is 9.59 Å². The third-order valence-electron chi connectivity index (χ3n) is 3.69. The van der Waals surface area contributed by atoms with Crippen molar-refractivity contribution in [3.8, 4) is 0 Å². The van der Waals surface area contributed by atoms with E-state index in [4.69, 9.17) is 0 Å². The Labute approximate surface area is 119 Å². The first-order valence-corrected chi connectivity index (χ1v) is 6.84. The zero-order chi connectivity index (χ0) is 14.7. The molecule has 1 aromatic carbocycles. The first-order chi connectivity index (χ1) is 9.52. The number of amides is 2. The molecule has 1 aliphatic rings. The van der Waals surface area contributed by atoms with Gasteiger partial charge in [0.1, 0.15) is 6.04 Å². The summed E-state index contributed by atoms with van der Waals surface area (Å²) in [6, 6.07) is 7.72. The number of fused-ring (bicyclic) bond motifs is 1. The monoisotopic (exact) mass is 275 g/mol. The van der Waals surface area contributed by atoms with Gasteiger partial charge in [-0.2, -0.15) is 0 Å². The number of para-hydroxylation sites is 1. The quantitative estimate of drug-likeness (QED) is 0.857. The summed E-state index contributed by atoms with van der Waals surface area (Å²) in [6.45, 7) is 2.24. The van der Waals surface area contributed by atoms with Crippen LogP contribution in [0.5, 0.6) is 0 Å². The van der Waals surface area contributed by atoms with Gasteiger partial charge in [0.2, 0.25) is 11.8 Å². The van der Waals surface area contributed by atoms with Gasteiger partial charge in [0.15, 0.2) is 0 Å². The number of carbonyl (C=O) groups excluding carboxylic acids is 2. The molecule has 0 fully saturated rings. The van der Waals surface area contributed by atoms with Gasteiger partial charge in [-0.3, -0.25) is 9.59 Å². The van der Waals surface area contributed by atoms with Crippen LogP contribution in [0.2, 0.25) is 0 Å². The molecule has 0 aliphatic carbocycles. The average molecular weight is 275 g/mol. The van der Waals surface area contributed by atoms with E-state index in [1.165, 1.54) is 5.56 Å². The van der Waals surface area contributed by atoms with Crippen LogP contribution in [0.3, 0.4) is 0 Å². The number of nitrogens with one attached hydrogen (secondary N) is 2. The minimum absolute atomic E-state index is 0.0250. The Hall–Kier alpha value is -2.04. The van der Waals surface area contributed by atoms with E-state index in [1.807, 2.05) is 31.2 Å². The van der Waals surface area contributed by atoms with E-state index in [0.717, 1.165) is 5.69 Å². The van der Waals surface area contributed by atoms with Crippen molar-refractivity contribution in [3.63, 3.8) is 0 Å². The Bertz CT molecular complexity index is 491. The maximum absolute atomic E-state index is 12.4. The van der Waals surface area contributed by atoms with Gasteiger partial charge in [-0.25, -0.2) is 0 Å². The molecule has 2 unspecified atom stereocenters. The molecule has 2 amide bonds. The molecule has 0 saturated carbocycles. The zero-order valence-electron chi connectivity index (χ0n) is 12.1. The summed E-state index contributed by atoms with van der Waals surface area (Å²) >= 11 is 0. The molecule has 0 bridgehead atoms. The number of nitrogens with zero attached hydrogens (tertiary/aromatic N) is 1. The fourth-order valence-corrected chi connectivity index (χ4v) is 2.54. The second-order valence-electron chi connectivity index (χ2n) is 5.29. The third kappa shape index (κ3) is 2.92.